The predicted octanol–water partition coefficient (Wildman–Crippen LogP) is 2.51. The van der Waals surface area contributed by atoms with Gasteiger partial charge in [-0.25, -0.2) is 4.79 Å². The molecule has 2 atom stereocenters. The van der Waals surface area contributed by atoms with Gasteiger partial charge in [-0.05, 0) is 28.4 Å². The molecule has 0 bridgehead atoms. The first-order chi connectivity index (χ1) is 15.9. The first kappa shape index (κ1) is 25.0. The number of carbonyl (C=O) groups excluding carboxylic acids is 2. The lowest BCUT2D eigenvalue weighted by atomic mass is 10.0. The van der Waals surface area contributed by atoms with Gasteiger partial charge in [0, 0.05) is 18.6 Å². The second-order valence-corrected chi connectivity index (χ2v) is 11.4. The quantitative estimate of drug-likeness (QED) is 0.380. The molecular formula is C17H14BrF3N6O4S3. The van der Waals surface area contributed by atoms with Gasteiger partial charge in [-0.15, -0.1) is 22.0 Å². The van der Waals surface area contributed by atoms with Crippen LogP contribution >= 0.6 is 50.8 Å². The van der Waals surface area contributed by atoms with Crippen molar-refractivity contribution in [3.63, 3.8) is 0 Å². The molecule has 4 rings (SSSR count). The largest absolute Gasteiger partial charge is 0.477 e. The number of amides is 2. The lowest BCUT2D eigenvalue weighted by molar-refractivity contribution is -0.148. The second kappa shape index (κ2) is 9.16. The Balaban J connectivity index is 1.50. The number of carboxylic acid groups (broad SMARTS) is 1. The zero-order valence-electron chi connectivity index (χ0n) is 17.2. The molecule has 2 aromatic rings. The Hall–Kier alpha value is -2.11. The summed E-state index contributed by atoms with van der Waals surface area (Å²) < 4.78 is 40.2. The molecule has 0 radical (unpaired) electrons. The molecule has 0 aromatic carbocycles. The molecule has 1 fully saturated rings. The number of rotatable bonds is 6. The van der Waals surface area contributed by atoms with Crippen LogP contribution in [0.4, 0.5) is 13.2 Å². The molecule has 0 unspecified atom stereocenters. The molecule has 2 aliphatic rings. The van der Waals surface area contributed by atoms with E-state index in [1.165, 1.54) is 34.9 Å². The number of fused-ring (bicyclic) bond motifs is 1. The maximum atomic E-state index is 13.2. The van der Waals surface area contributed by atoms with E-state index in [2.05, 4.69) is 36.5 Å². The zero-order valence-corrected chi connectivity index (χ0v) is 21.2. The van der Waals surface area contributed by atoms with Crippen molar-refractivity contribution in [3.8, 4) is 0 Å². The number of hydrogen-bond acceptors (Lipinski definition) is 9. The lowest BCUT2D eigenvalue weighted by Gasteiger charge is -2.49. The van der Waals surface area contributed by atoms with Gasteiger partial charge < -0.3 is 10.4 Å². The summed E-state index contributed by atoms with van der Waals surface area (Å²) in [6.07, 6.45) is -4.75. The number of carbonyl (C=O) groups is 3. The second-order valence-electron chi connectivity index (χ2n) is 7.13. The number of nitrogens with zero attached hydrogens (tertiary/aromatic N) is 5. The summed E-state index contributed by atoms with van der Waals surface area (Å²) in [4.78, 5) is 38.4. The minimum Gasteiger partial charge on any atom is -0.477 e. The van der Waals surface area contributed by atoms with Crippen LogP contribution in [0.1, 0.15) is 21.2 Å². The van der Waals surface area contributed by atoms with Gasteiger partial charge in [-0.3, -0.25) is 19.2 Å². The highest BCUT2D eigenvalue weighted by atomic mass is 79.9. The van der Waals surface area contributed by atoms with Crippen LogP contribution in [0.25, 0.3) is 0 Å². The van der Waals surface area contributed by atoms with Gasteiger partial charge in [0.05, 0.1) is 4.47 Å². The van der Waals surface area contributed by atoms with Gasteiger partial charge in [0.25, 0.3) is 11.8 Å². The number of aromatic nitrogens is 4. The van der Waals surface area contributed by atoms with Crippen LogP contribution in [-0.4, -0.2) is 70.7 Å². The van der Waals surface area contributed by atoms with Crippen LogP contribution in [0, 0.1) is 6.92 Å². The molecule has 2 aromatic heterocycles. The summed E-state index contributed by atoms with van der Waals surface area (Å²) in [5, 5.41) is 23.7. The minimum atomic E-state index is -4.75. The van der Waals surface area contributed by atoms with Crippen LogP contribution in [0.15, 0.2) is 20.1 Å². The topological polar surface area (TPSA) is 130 Å². The average molecular weight is 599 g/mol. The fourth-order valence-electron chi connectivity index (χ4n) is 3.44. The molecule has 0 spiro atoms. The van der Waals surface area contributed by atoms with Gasteiger partial charge >= 0.3 is 12.1 Å². The van der Waals surface area contributed by atoms with E-state index in [1.807, 2.05) is 0 Å². The SMILES string of the molecule is Cc1nnc(SCC2=C(C(=O)O)N3C(=O)[C@H](NC(=O)c4nn(C)c(C(F)(F)F)c4Br)[C@H]3SC2)s1. The molecule has 0 aliphatic carbocycles. The number of β-lactam (4-membered cyclic amide) rings is 1. The highest BCUT2D eigenvalue weighted by Gasteiger charge is 2.54. The Morgan fingerprint density at radius 1 is 1.35 bits per heavy atom. The number of aliphatic carboxylic acids is 1. The Kier molecular flexibility index (Phi) is 6.73. The van der Waals surface area contributed by atoms with Crippen molar-refractivity contribution in [2.45, 2.75) is 28.9 Å². The summed E-state index contributed by atoms with van der Waals surface area (Å²) in [5.41, 5.74) is -1.31. The van der Waals surface area contributed by atoms with Crippen LogP contribution < -0.4 is 5.32 Å². The van der Waals surface area contributed by atoms with E-state index in [-0.39, 0.29) is 11.4 Å². The number of halogens is 4. The van der Waals surface area contributed by atoms with E-state index in [9.17, 15) is 32.7 Å². The first-order valence-corrected chi connectivity index (χ1v) is 13.0. The maximum Gasteiger partial charge on any atom is 0.434 e. The van der Waals surface area contributed by atoms with Crippen molar-refractivity contribution in [2.24, 2.45) is 7.05 Å². The Morgan fingerprint density at radius 2 is 2.06 bits per heavy atom. The van der Waals surface area contributed by atoms with Crippen molar-refractivity contribution < 1.29 is 32.7 Å². The molecule has 2 N–H and O–H groups in total. The maximum absolute atomic E-state index is 13.2. The molecular weight excluding hydrogens is 585 g/mol. The minimum absolute atomic E-state index is 0.161. The average Bonchev–Trinajstić information content (AvgIpc) is 3.30. The van der Waals surface area contributed by atoms with E-state index in [1.54, 1.807) is 6.92 Å². The number of hydrogen-bond donors (Lipinski definition) is 2. The third-order valence-electron chi connectivity index (χ3n) is 4.89. The van der Waals surface area contributed by atoms with Crippen molar-refractivity contribution in [1.29, 1.82) is 0 Å². The third kappa shape index (κ3) is 4.45. The summed E-state index contributed by atoms with van der Waals surface area (Å²) >= 11 is 6.69. The predicted molar refractivity (Wildman–Crippen MR) is 120 cm³/mol. The van der Waals surface area contributed by atoms with Crippen LogP contribution in [0.2, 0.25) is 0 Å². The van der Waals surface area contributed by atoms with Crippen molar-refractivity contribution in [1.82, 2.24) is 30.2 Å². The van der Waals surface area contributed by atoms with Gasteiger partial charge in [-0.1, -0.05) is 23.1 Å². The van der Waals surface area contributed by atoms with Crippen molar-refractivity contribution >= 4 is 68.6 Å². The molecule has 182 valence electrons. The monoisotopic (exact) mass is 598 g/mol. The summed E-state index contributed by atoms with van der Waals surface area (Å²) in [6, 6.07) is -1.10. The summed E-state index contributed by atoms with van der Waals surface area (Å²) in [5.74, 6) is -2.35. The Morgan fingerprint density at radius 3 is 2.62 bits per heavy atom. The number of alkyl halides is 3. The van der Waals surface area contributed by atoms with Gasteiger partial charge in [0.15, 0.2) is 15.7 Å². The summed E-state index contributed by atoms with van der Waals surface area (Å²) in [7, 11) is 1.05. The highest BCUT2D eigenvalue weighted by molar-refractivity contribution is 9.10. The van der Waals surface area contributed by atoms with Crippen molar-refractivity contribution in [2.75, 3.05) is 11.5 Å². The Labute approximate surface area is 210 Å². The van der Waals surface area contributed by atoms with E-state index < -0.39 is 51.2 Å². The standard InChI is InChI=1S/C17H14BrF3N6O4S3/c1-5-23-24-16(34-5)33-4-6-3-32-14-9(13(29)27(14)10(6)15(30)31)22-12(28)8-7(18)11(17(19,20)21)26(2)25-8/h9,14H,3-4H2,1-2H3,(H,22,28)(H,30,31)/t9-,14+/m0/s1. The summed E-state index contributed by atoms with van der Waals surface area (Å²) in [6.45, 7) is 1.80. The van der Waals surface area contributed by atoms with E-state index >= 15 is 0 Å². The molecule has 10 nitrogen and oxygen atoms in total. The fourth-order valence-corrected chi connectivity index (χ4v) is 7.48. The number of aryl methyl sites for hydroxylation is 2. The molecule has 2 aliphatic heterocycles. The molecule has 17 heteroatoms. The zero-order chi connectivity index (χ0) is 24.9. The van der Waals surface area contributed by atoms with Crippen LogP contribution in [-0.2, 0) is 22.8 Å². The fraction of sp³-hybridized carbons (Fsp3) is 0.412. The normalized spacial score (nSPS) is 20.3. The van der Waals surface area contributed by atoms with Gasteiger partial charge in [-0.2, -0.15) is 18.3 Å². The number of carboxylic acids is 1. The van der Waals surface area contributed by atoms with E-state index in [4.69, 9.17) is 0 Å². The highest BCUT2D eigenvalue weighted by Crippen LogP contribution is 2.42. The lowest BCUT2D eigenvalue weighted by Crippen LogP contribution is -2.70. The Bertz CT molecular complexity index is 1230. The molecule has 2 amide bonds. The van der Waals surface area contributed by atoms with Crippen LogP contribution in [0.5, 0.6) is 0 Å². The van der Waals surface area contributed by atoms with Gasteiger partial charge in [0.2, 0.25) is 0 Å². The molecule has 4 heterocycles. The number of thioether (sulfide) groups is 2. The van der Waals surface area contributed by atoms with E-state index in [0.717, 1.165) is 17.0 Å². The van der Waals surface area contributed by atoms with Gasteiger partial charge in [0.1, 0.15) is 22.1 Å². The smallest absolute Gasteiger partial charge is 0.434 e. The van der Waals surface area contributed by atoms with E-state index in [0.29, 0.717) is 20.3 Å². The molecule has 0 saturated carbocycles. The number of nitrogens with one attached hydrogen (secondary N) is 1. The molecule has 34 heavy (non-hydrogen) atoms. The van der Waals surface area contributed by atoms with Crippen molar-refractivity contribution in [3.05, 3.63) is 32.1 Å². The van der Waals surface area contributed by atoms with Crippen LogP contribution in [0.3, 0.4) is 0 Å². The first-order valence-electron chi connectivity index (χ1n) is 9.33. The molecule has 1 saturated heterocycles. The third-order valence-corrected chi connectivity index (χ3v) is 9.04.